The van der Waals surface area contributed by atoms with Crippen molar-refractivity contribution in [1.82, 2.24) is 0 Å². The molecule has 4 N–H and O–H groups in total. The first-order valence-electron chi connectivity index (χ1n) is 16.8. The number of hydrogen-bond acceptors (Lipinski definition) is 3. The Kier molecular flexibility index (Phi) is 14.7. The van der Waals surface area contributed by atoms with Gasteiger partial charge in [-0.15, -0.1) is 0 Å². The second kappa shape index (κ2) is 17.9. The van der Waals surface area contributed by atoms with Gasteiger partial charge >= 0.3 is 5.97 Å². The number of benzene rings is 1. The number of aliphatic hydroxyl groups is 1. The van der Waals surface area contributed by atoms with Crippen LogP contribution < -0.4 is 5.73 Å². The molecule has 0 unspecified atom stereocenters. The molecule has 1 aromatic rings. The molecular weight excluding hydrogens is 506 g/mol. The first kappa shape index (κ1) is 33.6. The van der Waals surface area contributed by atoms with Crippen molar-refractivity contribution in [2.75, 3.05) is 6.54 Å². The summed E-state index contributed by atoms with van der Waals surface area (Å²) in [5, 5.41) is 21.0. The summed E-state index contributed by atoms with van der Waals surface area (Å²) >= 11 is 0. The zero-order valence-corrected chi connectivity index (χ0v) is 26.2. The molecule has 41 heavy (non-hydrogen) atoms. The Labute approximate surface area is 250 Å². The lowest BCUT2D eigenvalue weighted by atomic mass is 9.60. The van der Waals surface area contributed by atoms with Crippen LogP contribution in [0.4, 0.5) is 0 Å². The molecule has 4 heteroatoms. The van der Waals surface area contributed by atoms with E-state index in [9.17, 15) is 15.0 Å². The zero-order valence-electron chi connectivity index (χ0n) is 26.2. The second-order valence-corrected chi connectivity index (χ2v) is 13.7. The largest absolute Gasteiger partial charge is 0.481 e. The average Bonchev–Trinajstić information content (AvgIpc) is 2.94. The van der Waals surface area contributed by atoms with Gasteiger partial charge in [0.1, 0.15) is 0 Å². The van der Waals surface area contributed by atoms with Crippen LogP contribution in [0.25, 0.3) is 0 Å². The average molecular weight is 566 g/mol. The maximum atomic E-state index is 12.6. The Morgan fingerprint density at radius 2 is 1.68 bits per heavy atom. The number of hydrogen-bond donors (Lipinski definition) is 3. The van der Waals surface area contributed by atoms with Gasteiger partial charge < -0.3 is 15.9 Å². The van der Waals surface area contributed by atoms with Gasteiger partial charge in [-0.1, -0.05) is 107 Å². The predicted octanol–water partition coefficient (Wildman–Crippen LogP) is 8.44. The van der Waals surface area contributed by atoms with Crippen LogP contribution in [0.5, 0.6) is 0 Å². The smallest absolute Gasteiger partial charge is 0.309 e. The summed E-state index contributed by atoms with van der Waals surface area (Å²) in [6.45, 7) is 6.79. The normalized spacial score (nSPS) is 25.9. The Morgan fingerprint density at radius 1 is 0.976 bits per heavy atom. The molecule has 0 spiro atoms. The lowest BCUT2D eigenvalue weighted by molar-refractivity contribution is -0.151. The molecule has 0 aromatic heterocycles. The highest BCUT2D eigenvalue weighted by Crippen LogP contribution is 2.46. The summed E-state index contributed by atoms with van der Waals surface area (Å²) in [5.74, 6) is 0.806. The Hall–Kier alpha value is -1.91. The number of nitrogens with two attached hydrogens (primary N) is 1. The monoisotopic (exact) mass is 565 g/mol. The fraction of sp³-hybridized carbons (Fsp3) is 0.703. The second-order valence-electron chi connectivity index (χ2n) is 13.7. The Bertz CT molecular complexity index is 917. The molecule has 2 aliphatic rings. The van der Waals surface area contributed by atoms with E-state index in [1.54, 1.807) is 6.92 Å². The van der Waals surface area contributed by atoms with E-state index in [1.807, 2.05) is 18.2 Å². The SMILES string of the molecule is CC(C)CC[C@H](C/C=C\CCC1CCCCC1)C[C@H]1C=C[C@@H](Cc2ccccc2)[C@H]([C@H](C(=O)O)[C@H](C)O)[C@@H]1CCN. The minimum Gasteiger partial charge on any atom is -0.481 e. The van der Waals surface area contributed by atoms with E-state index in [2.05, 4.69) is 50.3 Å². The van der Waals surface area contributed by atoms with Gasteiger partial charge in [-0.2, -0.15) is 0 Å². The first-order chi connectivity index (χ1) is 19.8. The highest BCUT2D eigenvalue weighted by molar-refractivity contribution is 5.71. The summed E-state index contributed by atoms with van der Waals surface area (Å²) in [6, 6.07) is 10.3. The number of aliphatic carboxylic acids is 1. The Morgan fingerprint density at radius 3 is 2.32 bits per heavy atom. The highest BCUT2D eigenvalue weighted by atomic mass is 16.4. The summed E-state index contributed by atoms with van der Waals surface area (Å²) in [5.41, 5.74) is 7.40. The van der Waals surface area contributed by atoms with Crippen LogP contribution in [-0.4, -0.2) is 28.8 Å². The van der Waals surface area contributed by atoms with Crippen molar-refractivity contribution in [3.8, 4) is 0 Å². The van der Waals surface area contributed by atoms with Crippen LogP contribution in [0.3, 0.4) is 0 Å². The van der Waals surface area contributed by atoms with Gasteiger partial charge in [0.2, 0.25) is 0 Å². The van der Waals surface area contributed by atoms with Crippen molar-refractivity contribution in [1.29, 1.82) is 0 Å². The van der Waals surface area contributed by atoms with Crippen LogP contribution in [0.2, 0.25) is 0 Å². The number of carboxylic acid groups (broad SMARTS) is 1. The van der Waals surface area contributed by atoms with Gasteiger partial charge in [0.25, 0.3) is 0 Å². The number of rotatable bonds is 17. The first-order valence-corrected chi connectivity index (χ1v) is 16.8. The Balaban J connectivity index is 1.78. The van der Waals surface area contributed by atoms with Crippen molar-refractivity contribution < 1.29 is 15.0 Å². The predicted molar refractivity (Wildman–Crippen MR) is 171 cm³/mol. The van der Waals surface area contributed by atoms with Crippen molar-refractivity contribution in [3.63, 3.8) is 0 Å². The molecule has 2 aliphatic carbocycles. The number of carboxylic acids is 1. The van der Waals surface area contributed by atoms with E-state index in [0.29, 0.717) is 18.4 Å². The molecule has 7 atom stereocenters. The van der Waals surface area contributed by atoms with Crippen molar-refractivity contribution in [2.24, 2.45) is 53.1 Å². The van der Waals surface area contributed by atoms with Gasteiger partial charge in [-0.3, -0.25) is 4.79 Å². The molecule has 0 heterocycles. The fourth-order valence-corrected chi connectivity index (χ4v) is 7.83. The molecule has 3 rings (SSSR count). The lowest BCUT2D eigenvalue weighted by Gasteiger charge is -2.44. The fourth-order valence-electron chi connectivity index (χ4n) is 7.83. The lowest BCUT2D eigenvalue weighted by Crippen LogP contribution is -2.45. The van der Waals surface area contributed by atoms with E-state index >= 15 is 0 Å². The topological polar surface area (TPSA) is 83.5 Å². The van der Waals surface area contributed by atoms with Crippen molar-refractivity contribution >= 4 is 5.97 Å². The van der Waals surface area contributed by atoms with Gasteiger partial charge in [0.15, 0.2) is 0 Å². The summed E-state index contributed by atoms with van der Waals surface area (Å²) in [7, 11) is 0. The van der Waals surface area contributed by atoms with E-state index in [1.165, 1.54) is 63.4 Å². The van der Waals surface area contributed by atoms with Gasteiger partial charge in [-0.25, -0.2) is 0 Å². The summed E-state index contributed by atoms with van der Waals surface area (Å²) < 4.78 is 0. The van der Waals surface area contributed by atoms with Crippen molar-refractivity contribution in [3.05, 3.63) is 60.2 Å². The molecule has 1 fully saturated rings. The molecule has 0 amide bonds. The maximum absolute atomic E-state index is 12.6. The minimum atomic E-state index is -0.910. The minimum absolute atomic E-state index is 0.0645. The molecular formula is C37H59NO3. The van der Waals surface area contributed by atoms with Crippen LogP contribution in [0.15, 0.2) is 54.6 Å². The van der Waals surface area contributed by atoms with Crippen LogP contribution in [-0.2, 0) is 11.2 Å². The number of aliphatic hydroxyl groups excluding tert-OH is 1. The maximum Gasteiger partial charge on any atom is 0.309 e. The van der Waals surface area contributed by atoms with E-state index in [4.69, 9.17) is 5.73 Å². The molecule has 1 saturated carbocycles. The van der Waals surface area contributed by atoms with E-state index in [0.717, 1.165) is 31.6 Å². The third-order valence-electron chi connectivity index (χ3n) is 10.0. The van der Waals surface area contributed by atoms with E-state index in [-0.39, 0.29) is 23.7 Å². The van der Waals surface area contributed by atoms with E-state index < -0.39 is 18.0 Å². The third-order valence-corrected chi connectivity index (χ3v) is 10.0. The van der Waals surface area contributed by atoms with Crippen LogP contribution in [0, 0.1) is 47.3 Å². The highest BCUT2D eigenvalue weighted by Gasteiger charge is 2.45. The van der Waals surface area contributed by atoms with Crippen LogP contribution in [0.1, 0.15) is 103 Å². The number of allylic oxidation sites excluding steroid dienone is 4. The van der Waals surface area contributed by atoms with Crippen LogP contribution >= 0.6 is 0 Å². The molecule has 0 radical (unpaired) electrons. The molecule has 0 bridgehead atoms. The summed E-state index contributed by atoms with van der Waals surface area (Å²) in [4.78, 5) is 12.6. The molecule has 4 nitrogen and oxygen atoms in total. The molecule has 230 valence electrons. The molecule has 0 saturated heterocycles. The molecule has 0 aliphatic heterocycles. The zero-order chi connectivity index (χ0) is 29.6. The third kappa shape index (κ3) is 11.0. The van der Waals surface area contributed by atoms with Gasteiger partial charge in [0, 0.05) is 0 Å². The molecule has 1 aromatic carbocycles. The van der Waals surface area contributed by atoms with Gasteiger partial charge in [0.05, 0.1) is 12.0 Å². The standard InChI is InChI=1S/C37H59NO3/c1-27(2)19-20-31(18-12-5-9-15-29-13-7-4-8-14-29)25-32-21-22-33(26-30-16-10-6-11-17-30)36(34(32)23-24-38)35(28(3)39)37(40)41/h5-6,10-12,16-17,21-22,27-29,31-36,39H,4,7-9,13-15,18-20,23-26,38H2,1-3H3,(H,40,41)/b12-5-/t28-,31-,32+,33-,34+,35+,36-/m0/s1. The quantitative estimate of drug-likeness (QED) is 0.166. The van der Waals surface area contributed by atoms with Gasteiger partial charge in [-0.05, 0) is 105 Å². The van der Waals surface area contributed by atoms with Crippen molar-refractivity contribution in [2.45, 2.75) is 110 Å². The summed E-state index contributed by atoms with van der Waals surface area (Å²) in [6.07, 6.45) is 24.4. The number of carbonyl (C=O) groups is 1.